The molecule has 0 radical (unpaired) electrons. The Hall–Kier alpha value is 0.940. The minimum absolute atomic E-state index is 0.644. The lowest BCUT2D eigenvalue weighted by Gasteiger charge is -2.10. The van der Waals surface area contributed by atoms with Gasteiger partial charge in [-0.3, -0.25) is 0 Å². The Bertz CT molecular complexity index is 324. The van der Waals surface area contributed by atoms with Gasteiger partial charge in [0.05, 0.1) is 15.6 Å². The van der Waals surface area contributed by atoms with Gasteiger partial charge in [-0.2, -0.15) is 0 Å². The van der Waals surface area contributed by atoms with Crippen LogP contribution in [0.3, 0.4) is 0 Å². The highest BCUT2D eigenvalue weighted by Gasteiger charge is 2.12. The van der Waals surface area contributed by atoms with Crippen LogP contribution in [-0.2, 0) is 0 Å². The van der Waals surface area contributed by atoms with E-state index >= 15 is 0 Å². The fraction of sp³-hybridized carbons (Fsp3) is 0.250. The van der Waals surface area contributed by atoms with E-state index in [2.05, 4.69) is 63.7 Å². The van der Waals surface area contributed by atoms with Crippen LogP contribution in [0.5, 0.6) is 5.75 Å². The zero-order valence-corrected chi connectivity index (χ0v) is 13.0. The Kier molecular flexibility index (Phi) is 4.75. The Morgan fingerprint density at radius 3 is 2.23 bits per heavy atom. The molecule has 13 heavy (non-hydrogen) atoms. The summed E-state index contributed by atoms with van der Waals surface area (Å²) in [5, 5.41) is 0. The van der Waals surface area contributed by atoms with Gasteiger partial charge in [0.25, 0.3) is 0 Å². The molecule has 0 aromatic heterocycles. The average molecular weight is 438 g/mol. The van der Waals surface area contributed by atoms with Crippen LogP contribution in [0.2, 0.25) is 0 Å². The van der Waals surface area contributed by atoms with Gasteiger partial charge < -0.3 is 4.74 Å². The van der Waals surface area contributed by atoms with E-state index in [0.29, 0.717) is 6.61 Å². The molecule has 0 aliphatic rings. The molecule has 0 heterocycles. The predicted octanol–water partition coefficient (Wildman–Crippen LogP) is 5.14. The maximum absolute atomic E-state index is 5.46. The number of hydrogen-bond donors (Lipinski definition) is 0. The molecule has 0 spiro atoms. The number of halogens is 4. The van der Waals surface area contributed by atoms with Crippen molar-refractivity contribution >= 4 is 63.7 Å². The lowest BCUT2D eigenvalue weighted by molar-refractivity contribution is 0.335. The molecule has 0 N–H and O–H groups in total. The summed E-state index contributed by atoms with van der Waals surface area (Å²) in [5.74, 6) is 0.817. The van der Waals surface area contributed by atoms with Crippen LogP contribution in [0, 0.1) is 0 Å². The van der Waals surface area contributed by atoms with E-state index in [0.717, 1.165) is 23.6 Å². The summed E-state index contributed by atoms with van der Waals surface area (Å²) >= 11 is 13.7. The summed E-state index contributed by atoms with van der Waals surface area (Å²) in [5.41, 5.74) is 0. The molecule has 1 aromatic rings. The summed E-state index contributed by atoms with van der Waals surface area (Å²) in [4.78, 5) is 0. The minimum atomic E-state index is 0.644. The quantitative estimate of drug-likeness (QED) is 0.460. The second kappa shape index (κ2) is 5.14. The summed E-state index contributed by atoms with van der Waals surface area (Å²) in [6, 6.07) is 1.94. The highest BCUT2D eigenvalue weighted by molar-refractivity contribution is 9.14. The molecule has 1 nitrogen and oxygen atoms in total. The van der Waals surface area contributed by atoms with Crippen molar-refractivity contribution in [1.82, 2.24) is 0 Å². The maximum atomic E-state index is 5.46. The summed E-state index contributed by atoms with van der Waals surface area (Å²) in [6.45, 7) is 2.60. The normalized spacial score (nSPS) is 10.2. The van der Waals surface area contributed by atoms with Crippen molar-refractivity contribution in [3.8, 4) is 5.75 Å². The molecule has 0 atom stereocenters. The third kappa shape index (κ3) is 2.70. The van der Waals surface area contributed by atoms with Crippen LogP contribution in [0.1, 0.15) is 6.92 Å². The molecule has 0 saturated heterocycles. The first kappa shape index (κ1) is 12.0. The first-order valence-corrected chi connectivity index (χ1v) is 6.71. The summed E-state index contributed by atoms with van der Waals surface area (Å²) < 4.78 is 9.24. The molecule has 0 aliphatic heterocycles. The van der Waals surface area contributed by atoms with Crippen molar-refractivity contribution in [2.45, 2.75) is 6.92 Å². The highest BCUT2D eigenvalue weighted by atomic mass is 79.9. The fourth-order valence-corrected chi connectivity index (χ4v) is 3.47. The van der Waals surface area contributed by atoms with Crippen LogP contribution in [-0.4, -0.2) is 6.61 Å². The van der Waals surface area contributed by atoms with Crippen molar-refractivity contribution < 1.29 is 4.74 Å². The van der Waals surface area contributed by atoms with Gasteiger partial charge in [0.2, 0.25) is 0 Å². The second-order valence-electron chi connectivity index (χ2n) is 2.23. The molecule has 1 aromatic carbocycles. The first-order valence-electron chi connectivity index (χ1n) is 3.53. The van der Waals surface area contributed by atoms with Crippen molar-refractivity contribution in [3.05, 3.63) is 24.0 Å². The molecule has 0 bridgehead atoms. The van der Waals surface area contributed by atoms with Gasteiger partial charge in [-0.1, -0.05) is 0 Å². The van der Waals surface area contributed by atoms with Crippen molar-refractivity contribution in [2.75, 3.05) is 6.61 Å². The fourth-order valence-electron chi connectivity index (χ4n) is 0.826. The summed E-state index contributed by atoms with van der Waals surface area (Å²) in [7, 11) is 0. The van der Waals surface area contributed by atoms with Gasteiger partial charge >= 0.3 is 0 Å². The lowest BCUT2D eigenvalue weighted by atomic mass is 10.3. The summed E-state index contributed by atoms with van der Waals surface area (Å²) in [6.07, 6.45) is 0. The van der Waals surface area contributed by atoms with Gasteiger partial charge in [0, 0.05) is 8.95 Å². The van der Waals surface area contributed by atoms with E-state index in [-0.39, 0.29) is 0 Å². The lowest BCUT2D eigenvalue weighted by Crippen LogP contribution is -1.94. The molecule has 0 saturated carbocycles. The molecule has 5 heteroatoms. The average Bonchev–Trinajstić information content (AvgIpc) is 2.09. The second-order valence-corrected chi connectivity index (χ2v) is 5.52. The monoisotopic (exact) mass is 434 g/mol. The molecule has 1 rings (SSSR count). The van der Waals surface area contributed by atoms with Gasteiger partial charge in [-0.05, 0) is 76.7 Å². The number of rotatable bonds is 2. The largest absolute Gasteiger partial charge is 0.491 e. The minimum Gasteiger partial charge on any atom is -0.491 e. The Morgan fingerprint density at radius 1 is 1.08 bits per heavy atom. The number of hydrogen-bond acceptors (Lipinski definition) is 1. The standard InChI is InChI=1S/C8H6Br4O/c1-2-13-8-5(10)3-4(9)6(11)7(8)12/h3H,2H2,1H3. The Labute approximate surface area is 111 Å². The van der Waals surface area contributed by atoms with Crippen molar-refractivity contribution in [3.63, 3.8) is 0 Å². The molecule has 72 valence electrons. The molecule has 0 unspecified atom stereocenters. The van der Waals surface area contributed by atoms with Crippen LogP contribution >= 0.6 is 63.7 Å². The number of ether oxygens (including phenoxy) is 1. The van der Waals surface area contributed by atoms with Gasteiger partial charge in [-0.15, -0.1) is 0 Å². The molecular weight excluding hydrogens is 432 g/mol. The van der Waals surface area contributed by atoms with Gasteiger partial charge in [0.15, 0.2) is 0 Å². The zero-order chi connectivity index (χ0) is 10.0. The van der Waals surface area contributed by atoms with Crippen LogP contribution in [0.4, 0.5) is 0 Å². The van der Waals surface area contributed by atoms with E-state index in [4.69, 9.17) is 4.74 Å². The molecule has 0 fully saturated rings. The van der Waals surface area contributed by atoms with Crippen LogP contribution in [0.15, 0.2) is 24.0 Å². The molecule has 0 amide bonds. The SMILES string of the molecule is CCOc1c(Br)cc(Br)c(Br)c1Br. The van der Waals surface area contributed by atoms with E-state index in [1.165, 1.54) is 0 Å². The van der Waals surface area contributed by atoms with Gasteiger partial charge in [-0.25, -0.2) is 0 Å². The zero-order valence-electron chi connectivity index (χ0n) is 6.70. The van der Waals surface area contributed by atoms with E-state index in [9.17, 15) is 0 Å². The van der Waals surface area contributed by atoms with Crippen molar-refractivity contribution in [1.29, 1.82) is 0 Å². The van der Waals surface area contributed by atoms with Gasteiger partial charge in [0.1, 0.15) is 5.75 Å². The highest BCUT2D eigenvalue weighted by Crippen LogP contribution is 2.42. The van der Waals surface area contributed by atoms with Crippen LogP contribution in [0.25, 0.3) is 0 Å². The van der Waals surface area contributed by atoms with E-state index < -0.39 is 0 Å². The smallest absolute Gasteiger partial charge is 0.148 e. The Balaban J connectivity index is 3.26. The molecular formula is C8H6Br4O. The van der Waals surface area contributed by atoms with E-state index in [1.54, 1.807) is 0 Å². The predicted molar refractivity (Wildman–Crippen MR) is 68.4 cm³/mol. The van der Waals surface area contributed by atoms with Crippen LogP contribution < -0.4 is 4.74 Å². The Morgan fingerprint density at radius 2 is 1.69 bits per heavy atom. The van der Waals surface area contributed by atoms with E-state index in [1.807, 2.05) is 13.0 Å². The topological polar surface area (TPSA) is 9.23 Å². The maximum Gasteiger partial charge on any atom is 0.148 e. The first-order chi connectivity index (χ1) is 6.07. The third-order valence-corrected chi connectivity index (χ3v) is 5.22. The third-order valence-electron chi connectivity index (χ3n) is 1.36. The van der Waals surface area contributed by atoms with Crippen molar-refractivity contribution in [2.24, 2.45) is 0 Å². The molecule has 0 aliphatic carbocycles. The number of benzene rings is 1.